The van der Waals surface area contributed by atoms with Gasteiger partial charge in [-0.2, -0.15) is 0 Å². The normalized spacial score (nSPS) is 18.5. The van der Waals surface area contributed by atoms with Gasteiger partial charge in [-0.1, -0.05) is 23.7 Å². The molecular weight excluding hydrogens is 462 g/mol. The maximum atomic E-state index is 13.3. The van der Waals surface area contributed by atoms with E-state index in [-0.39, 0.29) is 11.8 Å². The Hall–Kier alpha value is -3.32. The van der Waals surface area contributed by atoms with Gasteiger partial charge in [0, 0.05) is 55.5 Å². The first-order chi connectivity index (χ1) is 17.1. The summed E-state index contributed by atoms with van der Waals surface area (Å²) in [6.45, 7) is 4.75. The van der Waals surface area contributed by atoms with Crippen LogP contribution in [0.15, 0.2) is 60.7 Å². The first-order valence-electron chi connectivity index (χ1n) is 12.1. The smallest absolute Gasteiger partial charge is 0.227 e. The summed E-state index contributed by atoms with van der Waals surface area (Å²) in [5.74, 6) is 1.93. The van der Waals surface area contributed by atoms with Crippen LogP contribution in [0.25, 0.3) is 11.3 Å². The molecule has 3 heterocycles. The van der Waals surface area contributed by atoms with E-state index in [0.29, 0.717) is 11.6 Å². The standard InChI is InChI=1S/C27H30ClN5O2/c1-35-24-10-8-23(9-11-24)31-15-17-32(18-16-31)27(34)21-3-2-14-33(19-21)26-13-12-25(29-30-26)20-4-6-22(28)7-5-20/h4-13,21H,2-3,14-19H2,1H3. The molecule has 0 bridgehead atoms. The van der Waals surface area contributed by atoms with Gasteiger partial charge >= 0.3 is 0 Å². The SMILES string of the molecule is COc1ccc(N2CCN(C(=O)C3CCCN(c4ccc(-c5ccc(Cl)cc5)nn4)C3)CC2)cc1. The number of hydrogen-bond donors (Lipinski definition) is 0. The van der Waals surface area contributed by atoms with Crippen LogP contribution >= 0.6 is 11.6 Å². The molecule has 0 radical (unpaired) electrons. The van der Waals surface area contributed by atoms with Gasteiger partial charge in [0.25, 0.3) is 0 Å². The predicted octanol–water partition coefficient (Wildman–Crippen LogP) is 4.37. The quantitative estimate of drug-likeness (QED) is 0.528. The minimum Gasteiger partial charge on any atom is -0.497 e. The van der Waals surface area contributed by atoms with Gasteiger partial charge in [-0.15, -0.1) is 10.2 Å². The average Bonchev–Trinajstić information content (AvgIpc) is 2.93. The highest BCUT2D eigenvalue weighted by atomic mass is 35.5. The zero-order chi connectivity index (χ0) is 24.2. The zero-order valence-corrected chi connectivity index (χ0v) is 20.7. The number of nitrogens with zero attached hydrogens (tertiary/aromatic N) is 5. The minimum absolute atomic E-state index is 0.00553. The molecule has 1 amide bonds. The molecule has 7 nitrogen and oxygen atoms in total. The molecule has 2 aromatic carbocycles. The summed E-state index contributed by atoms with van der Waals surface area (Å²) < 4.78 is 5.25. The lowest BCUT2D eigenvalue weighted by atomic mass is 9.96. The molecule has 0 spiro atoms. The Balaban J connectivity index is 1.17. The molecule has 5 rings (SSSR count). The third kappa shape index (κ3) is 5.35. The predicted molar refractivity (Wildman–Crippen MR) is 139 cm³/mol. The number of methoxy groups -OCH3 is 1. The number of piperidine rings is 1. The molecule has 2 fully saturated rings. The van der Waals surface area contributed by atoms with Gasteiger partial charge in [0.2, 0.25) is 5.91 Å². The second-order valence-electron chi connectivity index (χ2n) is 9.08. The van der Waals surface area contributed by atoms with E-state index in [4.69, 9.17) is 16.3 Å². The largest absolute Gasteiger partial charge is 0.497 e. The number of aromatic nitrogens is 2. The second-order valence-corrected chi connectivity index (χ2v) is 9.52. The zero-order valence-electron chi connectivity index (χ0n) is 19.9. The van der Waals surface area contributed by atoms with E-state index in [1.807, 2.05) is 53.4 Å². The van der Waals surface area contributed by atoms with Crippen LogP contribution in [0.2, 0.25) is 5.02 Å². The van der Waals surface area contributed by atoms with Gasteiger partial charge in [-0.25, -0.2) is 0 Å². The van der Waals surface area contributed by atoms with Gasteiger partial charge in [-0.05, 0) is 61.4 Å². The highest BCUT2D eigenvalue weighted by molar-refractivity contribution is 6.30. The van der Waals surface area contributed by atoms with E-state index < -0.39 is 0 Å². The summed E-state index contributed by atoms with van der Waals surface area (Å²) in [4.78, 5) is 19.9. The van der Waals surface area contributed by atoms with E-state index in [0.717, 1.165) is 68.4 Å². The summed E-state index contributed by atoms with van der Waals surface area (Å²) in [6.07, 6.45) is 1.90. The fourth-order valence-corrected chi connectivity index (χ4v) is 5.02. The number of amides is 1. The van der Waals surface area contributed by atoms with Crippen molar-refractivity contribution < 1.29 is 9.53 Å². The molecule has 0 saturated carbocycles. The Morgan fingerprint density at radius 2 is 1.63 bits per heavy atom. The molecular formula is C27H30ClN5O2. The van der Waals surface area contributed by atoms with E-state index >= 15 is 0 Å². The number of benzene rings is 2. The molecule has 2 aliphatic rings. The van der Waals surface area contributed by atoms with Crippen LogP contribution in [-0.4, -0.2) is 67.4 Å². The van der Waals surface area contributed by atoms with Gasteiger partial charge in [-0.3, -0.25) is 4.79 Å². The Morgan fingerprint density at radius 1 is 0.886 bits per heavy atom. The number of anilines is 2. The third-order valence-electron chi connectivity index (χ3n) is 6.91. The first-order valence-corrected chi connectivity index (χ1v) is 12.5. The summed E-state index contributed by atoms with van der Waals surface area (Å²) in [6, 6.07) is 19.7. The monoisotopic (exact) mass is 491 g/mol. The van der Waals surface area contributed by atoms with E-state index in [1.54, 1.807) is 7.11 Å². The highest BCUT2D eigenvalue weighted by Gasteiger charge is 2.31. The number of ether oxygens (including phenoxy) is 1. The van der Waals surface area contributed by atoms with Crippen molar-refractivity contribution in [3.8, 4) is 17.0 Å². The number of piperazine rings is 1. The number of rotatable bonds is 5. The van der Waals surface area contributed by atoms with Crippen LogP contribution in [0.5, 0.6) is 5.75 Å². The minimum atomic E-state index is -0.00553. The Bertz CT molecular complexity index is 1130. The van der Waals surface area contributed by atoms with Crippen molar-refractivity contribution in [1.29, 1.82) is 0 Å². The maximum Gasteiger partial charge on any atom is 0.227 e. The molecule has 1 atom stereocenters. The van der Waals surface area contributed by atoms with Gasteiger partial charge in [0.05, 0.1) is 18.7 Å². The summed E-state index contributed by atoms with van der Waals surface area (Å²) in [5.41, 5.74) is 2.96. The van der Waals surface area contributed by atoms with Crippen molar-refractivity contribution >= 4 is 29.0 Å². The average molecular weight is 492 g/mol. The lowest BCUT2D eigenvalue weighted by molar-refractivity contribution is -0.136. The van der Waals surface area contributed by atoms with Gasteiger partial charge in [0.15, 0.2) is 5.82 Å². The fourth-order valence-electron chi connectivity index (χ4n) is 4.89. The van der Waals surface area contributed by atoms with Crippen LogP contribution in [0.4, 0.5) is 11.5 Å². The van der Waals surface area contributed by atoms with E-state index in [1.165, 1.54) is 5.69 Å². The van der Waals surface area contributed by atoms with Crippen molar-refractivity contribution in [2.75, 3.05) is 56.2 Å². The van der Waals surface area contributed by atoms with Gasteiger partial charge in [0.1, 0.15) is 5.75 Å². The maximum absolute atomic E-state index is 13.3. The van der Waals surface area contributed by atoms with Crippen LogP contribution < -0.4 is 14.5 Å². The third-order valence-corrected chi connectivity index (χ3v) is 7.17. The second kappa shape index (κ2) is 10.5. The van der Waals surface area contributed by atoms with Gasteiger partial charge < -0.3 is 19.4 Å². The Kier molecular flexibility index (Phi) is 7.04. The summed E-state index contributed by atoms with van der Waals surface area (Å²) in [7, 11) is 1.68. The number of carbonyl (C=O) groups is 1. The van der Waals surface area contributed by atoms with Crippen LogP contribution in [0, 0.1) is 5.92 Å². The van der Waals surface area contributed by atoms with Crippen molar-refractivity contribution in [2.45, 2.75) is 12.8 Å². The topological polar surface area (TPSA) is 61.8 Å². The Morgan fingerprint density at radius 3 is 2.29 bits per heavy atom. The van der Waals surface area contributed by atoms with E-state index in [9.17, 15) is 4.79 Å². The van der Waals surface area contributed by atoms with Crippen molar-refractivity contribution in [3.05, 3.63) is 65.7 Å². The number of carbonyl (C=O) groups excluding carboxylic acids is 1. The van der Waals surface area contributed by atoms with Crippen molar-refractivity contribution in [1.82, 2.24) is 15.1 Å². The molecule has 1 unspecified atom stereocenters. The fraction of sp³-hybridized carbons (Fsp3) is 0.370. The van der Waals surface area contributed by atoms with E-state index in [2.05, 4.69) is 32.1 Å². The van der Waals surface area contributed by atoms with Crippen LogP contribution in [0.1, 0.15) is 12.8 Å². The Labute approximate surface area is 211 Å². The molecule has 0 N–H and O–H groups in total. The number of hydrogen-bond acceptors (Lipinski definition) is 6. The molecule has 2 aliphatic heterocycles. The summed E-state index contributed by atoms with van der Waals surface area (Å²) >= 11 is 5.99. The highest BCUT2D eigenvalue weighted by Crippen LogP contribution is 2.26. The molecule has 1 aromatic heterocycles. The molecule has 182 valence electrons. The number of halogens is 1. The van der Waals surface area contributed by atoms with Crippen molar-refractivity contribution in [3.63, 3.8) is 0 Å². The van der Waals surface area contributed by atoms with Crippen molar-refractivity contribution in [2.24, 2.45) is 5.92 Å². The lowest BCUT2D eigenvalue weighted by Gasteiger charge is -2.40. The lowest BCUT2D eigenvalue weighted by Crippen LogP contribution is -2.52. The molecule has 2 saturated heterocycles. The molecule has 8 heteroatoms. The molecule has 0 aliphatic carbocycles. The molecule has 35 heavy (non-hydrogen) atoms. The molecule has 3 aromatic rings. The van der Waals surface area contributed by atoms with Crippen LogP contribution in [0.3, 0.4) is 0 Å². The van der Waals surface area contributed by atoms with Crippen LogP contribution in [-0.2, 0) is 4.79 Å². The summed E-state index contributed by atoms with van der Waals surface area (Å²) in [5, 5.41) is 9.58. The first kappa shape index (κ1) is 23.4.